The highest BCUT2D eigenvalue weighted by Crippen LogP contribution is 2.48. The summed E-state index contributed by atoms with van der Waals surface area (Å²) in [5, 5.41) is 147. The molecule has 7 atom stereocenters. The highest BCUT2D eigenvalue weighted by atomic mass is 16.3. The zero-order chi connectivity index (χ0) is 144. The van der Waals surface area contributed by atoms with E-state index >= 15 is 0 Å². The summed E-state index contributed by atoms with van der Waals surface area (Å²) in [6.45, 7) is -28.1. The van der Waals surface area contributed by atoms with E-state index in [1.54, 1.807) is 0 Å². The van der Waals surface area contributed by atoms with Crippen molar-refractivity contribution in [1.29, 1.82) is 0 Å². The maximum atomic E-state index is 11.6. The Hall–Kier alpha value is -7.42. The number of aromatic hydroxyl groups is 7. The third kappa shape index (κ3) is 35.2. The van der Waals surface area contributed by atoms with Gasteiger partial charge in [-0.05, 0) is 312 Å². The quantitative estimate of drug-likeness (QED) is 0.0217. The molecule has 0 aromatic heterocycles. The molecule has 14 N–H and O–H groups in total. The van der Waals surface area contributed by atoms with Gasteiger partial charge in [0.1, 0.15) is 40.2 Å². The predicted molar refractivity (Wildman–Crippen MR) is 542 cm³/mol. The van der Waals surface area contributed by atoms with Crippen molar-refractivity contribution in [2.24, 2.45) is 0 Å². The number of phenolic OH excluding ortho intramolecular Hbond substituents is 7. The van der Waals surface area contributed by atoms with E-state index in [1.165, 1.54) is 81.4 Å². The number of hydrogen-bond donors (Lipinski definition) is 14. The molecule has 0 bridgehead atoms. The molecule has 0 aliphatic heterocycles. The molecule has 0 saturated heterocycles. The second-order valence-corrected chi connectivity index (χ2v) is 35.8. The Kier molecular flexibility index (Phi) is 22.5. The summed E-state index contributed by atoms with van der Waals surface area (Å²) in [7, 11) is 12.0. The van der Waals surface area contributed by atoms with Crippen molar-refractivity contribution in [2.75, 3.05) is 144 Å². The second kappa shape index (κ2) is 53.5. The second-order valence-electron chi connectivity index (χ2n) is 35.8. The molecule has 7 fully saturated rings. The van der Waals surface area contributed by atoms with Gasteiger partial charge in [-0.1, -0.05) is 220 Å². The third-order valence-corrected chi connectivity index (χ3v) is 24.3. The normalized spacial score (nSPS) is 30.5. The maximum Gasteiger partial charge on any atom is 0.115 e. The van der Waals surface area contributed by atoms with Crippen LogP contribution in [0, 0.1) is 0 Å². The molecule has 742 valence electrons. The van der Waals surface area contributed by atoms with Crippen LogP contribution >= 0.6 is 0 Å². The van der Waals surface area contributed by atoms with Crippen LogP contribution < -0.4 is 0 Å². The first-order valence-corrected chi connectivity index (χ1v) is 45.1. The van der Waals surface area contributed by atoms with Gasteiger partial charge in [0.2, 0.25) is 0 Å². The van der Waals surface area contributed by atoms with Crippen LogP contribution in [0.25, 0.3) is 0 Å². The molecule has 0 radical (unpaired) electrons. The van der Waals surface area contributed by atoms with Crippen LogP contribution in [0.1, 0.15) is 379 Å². The number of phenols is 7. The lowest BCUT2D eigenvalue weighted by Crippen LogP contribution is -2.42. The third-order valence-electron chi connectivity index (χ3n) is 24.3. The number of hydrogen-bond acceptors (Lipinski definition) is 21. The van der Waals surface area contributed by atoms with Gasteiger partial charge in [0.25, 0.3) is 0 Å². The average Bonchev–Trinajstić information content (AvgIpc) is 0.651. The number of likely N-dealkylation sites (N-methyl/N-ethyl adjacent to an activating group) is 7. The lowest BCUT2D eigenvalue weighted by atomic mass is 9.72. The fourth-order valence-electron chi connectivity index (χ4n) is 17.7. The van der Waals surface area contributed by atoms with Crippen molar-refractivity contribution < 1.29 is 146 Å². The Morgan fingerprint density at radius 2 is 0.444 bits per heavy atom. The van der Waals surface area contributed by atoms with Crippen LogP contribution in [0.2, 0.25) is 0 Å². The first kappa shape index (κ1) is 56.0. The Morgan fingerprint density at radius 1 is 0.248 bits per heavy atom. The fraction of sp³-hybridized carbons (Fsp3) is 0.625. The van der Waals surface area contributed by atoms with Gasteiger partial charge in [-0.3, -0.25) is 0 Å². The minimum atomic E-state index is -3.68. The monoisotopic (exact) mass is 1900 g/mol. The van der Waals surface area contributed by atoms with Crippen molar-refractivity contribution in [2.45, 2.75) is 305 Å². The molecule has 21 nitrogen and oxygen atoms in total. The van der Waals surface area contributed by atoms with Gasteiger partial charge in [-0.2, -0.15) is 0 Å². The van der Waals surface area contributed by atoms with Gasteiger partial charge in [0, 0.05) is 142 Å². The Labute approximate surface area is 876 Å². The van der Waals surface area contributed by atoms with E-state index in [4.69, 9.17) is 74.0 Å². The van der Waals surface area contributed by atoms with E-state index in [2.05, 4.69) is 0 Å². The minimum absolute atomic E-state index is 0.0402. The molecular formula is C112H175N7O14. The van der Waals surface area contributed by atoms with E-state index in [1.807, 2.05) is 19.0 Å². The maximum absolute atomic E-state index is 11.6. The summed E-state index contributed by atoms with van der Waals surface area (Å²) in [5.74, 6) is -18.5. The molecule has 7 aromatic rings. The van der Waals surface area contributed by atoms with E-state index in [9.17, 15) is 71.5 Å². The summed E-state index contributed by atoms with van der Waals surface area (Å²) in [6.07, 6.45) is -2.80. The predicted octanol–water partition coefficient (Wildman–Crippen LogP) is 19.1. The summed E-state index contributed by atoms with van der Waals surface area (Å²) >= 11 is 0. The van der Waals surface area contributed by atoms with Crippen LogP contribution in [0.5, 0.6) is 40.2 Å². The number of rotatable bonds is 28. The van der Waals surface area contributed by atoms with Crippen molar-refractivity contribution >= 4 is 0 Å². The first-order valence-electron chi connectivity index (χ1n) is 72.1. The van der Waals surface area contributed by atoms with Gasteiger partial charge >= 0.3 is 0 Å². The van der Waals surface area contributed by atoms with Crippen molar-refractivity contribution in [3.05, 3.63) is 208 Å². The Balaban J connectivity index is 0.000000262. The summed E-state index contributed by atoms with van der Waals surface area (Å²) < 4.78 is 433. The van der Waals surface area contributed by atoms with E-state index in [-0.39, 0.29) is 144 Å². The summed E-state index contributed by atoms with van der Waals surface area (Å²) in [4.78, 5) is 5.79. The molecule has 21 heteroatoms. The molecule has 0 amide bonds. The van der Waals surface area contributed by atoms with E-state index in [0.717, 1.165) is 118 Å². The molecule has 0 spiro atoms. The highest BCUT2D eigenvalue weighted by molar-refractivity contribution is 5.37. The lowest BCUT2D eigenvalue weighted by Gasteiger charge is -2.40. The van der Waals surface area contributed by atoms with Crippen LogP contribution in [-0.2, 0) is 0 Å². The number of aliphatic hydroxyl groups is 7. The van der Waals surface area contributed by atoms with Crippen molar-refractivity contribution in [3.8, 4) is 40.2 Å². The van der Waals surface area contributed by atoms with Crippen LogP contribution in [0.3, 0.4) is 0 Å². The number of nitrogens with zero attached hydrogens (tertiary/aromatic N) is 7. The van der Waals surface area contributed by atoms with Gasteiger partial charge in [-0.15, -0.1) is 0 Å². The molecule has 7 aromatic carbocycles. The van der Waals surface area contributed by atoms with Gasteiger partial charge < -0.3 is 106 Å². The zero-order valence-corrected chi connectivity index (χ0v) is 77.6. The van der Waals surface area contributed by atoms with E-state index in [0.29, 0.717) is 100 Å². The van der Waals surface area contributed by atoms with Crippen molar-refractivity contribution in [1.82, 2.24) is 34.3 Å². The molecule has 7 aliphatic carbocycles. The standard InChI is InChI=1S/7C16H25NO2/c7*1-17(2)12-15(13-6-8-14(18)9-7-13)16(19)10-4-3-5-11-16/h7*6-9,15,18-19H,3-5,10-12H2,1-2H3/i3D2,4D2,5D2,8D,9D,10D2,11D2;1D3,2D3,8D,9D,12D2,15D;1D3,8D,9D,12D2,15D;1D3,2D3,8D,9D,15D;8D,9D,12D2,15D;1D3,8D,9D,15D;8D,9D,15D. The Morgan fingerprint density at radius 3 is 0.669 bits per heavy atom. The Bertz CT molecular complexity index is 6970. The van der Waals surface area contributed by atoms with E-state index < -0.39 is 269 Å². The minimum Gasteiger partial charge on any atom is -0.508 e. The first-order chi connectivity index (χ1) is 84.4. The molecule has 14 rings (SSSR count). The van der Waals surface area contributed by atoms with Gasteiger partial charge in [0.05, 0.1) is 58.4 Å². The SMILES string of the molecule is [2H]c1cc(C(CN(C)C)C2(O)C([2H])([2H])C([2H])([2H])C([2H])([2H])C([2H])([2H])C2([2H])[2H])cc([2H])c1O.[2H]c1cc(C([2H])(C2(O)CCCCC2)C([2H])([2H])N(C([2H])([2H])[2H])C([2H])([2H])[2H])cc([2H])c1O.[2H]c1cc(C([2H])(C2(O)CCCCC2)C([2H])([2H])N(C)C([2H])([2H])[2H])cc([2H])c1O.[2H]c1cc(C([2H])(C2(O)CCCCC2)C([2H])([2H])N(C)C)cc([2H])c1O.[2H]c1cc(C([2H])(CN(C([2H])([2H])[2H])C([2H])([2H])[2H])C2(O)CCCCC2)cc([2H])c1O.[2H]c1cc(C([2H])(CN(C)C([2H])([2H])[2H])C2(O)CCCCC2)cc([2H])c1O.[2H]c1cc(C([2H])(CN(C)C)C2(O)CCCCC2)cc([2H])c1O. The van der Waals surface area contributed by atoms with Crippen LogP contribution in [0.4, 0.5) is 0 Å². The molecule has 7 aliphatic rings. The molecule has 7 saturated carbocycles. The van der Waals surface area contributed by atoms with Crippen LogP contribution in [-0.4, -0.2) is 289 Å². The van der Waals surface area contributed by atoms with Crippen molar-refractivity contribution in [3.63, 3.8) is 0 Å². The summed E-state index contributed by atoms with van der Waals surface area (Å²) in [5.41, 5.74) is -13.8. The molecule has 7 unspecified atom stereocenters. The highest BCUT2D eigenvalue weighted by Gasteiger charge is 2.46. The summed E-state index contributed by atoms with van der Waals surface area (Å²) in [6, 6.07) is 9.65. The van der Waals surface area contributed by atoms with Gasteiger partial charge in [-0.25, -0.2) is 0 Å². The fourth-order valence-corrected chi connectivity index (χ4v) is 17.7. The van der Waals surface area contributed by atoms with Crippen LogP contribution in [0.15, 0.2) is 170 Å². The molecule has 0 heterocycles. The average molecular weight is 1900 g/mol. The zero-order valence-electron chi connectivity index (χ0n) is 132. The molecular weight excluding hydrogens is 1670 g/mol. The largest absolute Gasteiger partial charge is 0.508 e. The smallest absolute Gasteiger partial charge is 0.115 e. The molecule has 133 heavy (non-hydrogen) atoms. The number of benzene rings is 7. The van der Waals surface area contributed by atoms with Gasteiger partial charge in [0.15, 0.2) is 0 Å². The lowest BCUT2D eigenvalue weighted by molar-refractivity contribution is -0.0280. The topological polar surface area (TPSA) is 306 Å².